The molecule has 0 atom stereocenters. The number of ether oxygens (including phenoxy) is 2. The molecule has 4 nitrogen and oxygen atoms in total. The predicted molar refractivity (Wildman–Crippen MR) is 63.2 cm³/mol. The summed E-state index contributed by atoms with van der Waals surface area (Å²) in [6.07, 6.45) is 0. The summed E-state index contributed by atoms with van der Waals surface area (Å²) in [5.41, 5.74) is 6.88. The highest BCUT2D eigenvalue weighted by molar-refractivity contribution is 5.89. The molecular weight excluding hydrogens is 206 g/mol. The van der Waals surface area contributed by atoms with Crippen LogP contribution in [0.1, 0.15) is 22.8 Å². The molecule has 0 amide bonds. The monoisotopic (exact) mass is 225 g/mol. The third-order valence-electron chi connectivity index (χ3n) is 1.87. The van der Waals surface area contributed by atoms with E-state index in [2.05, 4.69) is 9.47 Å². The molecule has 0 aromatic heterocycles. The molecule has 0 fully saturated rings. The average molecular weight is 225 g/mol. The molecule has 0 saturated heterocycles. The van der Waals surface area contributed by atoms with E-state index in [0.717, 1.165) is 12.2 Å². The second-order valence-electron chi connectivity index (χ2n) is 2.97. The van der Waals surface area contributed by atoms with Crippen LogP contribution in [0.25, 0.3) is 0 Å². The first-order valence-electron chi connectivity index (χ1n) is 5.05. The van der Waals surface area contributed by atoms with E-state index in [1.165, 1.54) is 7.11 Å². The van der Waals surface area contributed by atoms with Crippen molar-refractivity contribution in [1.82, 2.24) is 0 Å². The van der Waals surface area contributed by atoms with Gasteiger partial charge in [0, 0.05) is 20.3 Å². The van der Waals surface area contributed by atoms with Crippen molar-refractivity contribution in [2.75, 3.05) is 20.8 Å². The van der Waals surface area contributed by atoms with Crippen LogP contribution in [0.2, 0.25) is 0 Å². The Morgan fingerprint density at radius 2 is 2.00 bits per heavy atom. The number of hydrogen-bond donors (Lipinski definition) is 1. The maximum absolute atomic E-state index is 11.0. The minimum Gasteiger partial charge on any atom is -0.465 e. The Morgan fingerprint density at radius 1 is 1.38 bits per heavy atom. The Labute approximate surface area is 96.4 Å². The Balaban J connectivity index is 0.000000487. The van der Waals surface area contributed by atoms with Gasteiger partial charge in [0.25, 0.3) is 0 Å². The van der Waals surface area contributed by atoms with Gasteiger partial charge in [-0.05, 0) is 24.6 Å². The summed E-state index contributed by atoms with van der Waals surface area (Å²) in [6, 6.07) is 7.08. The van der Waals surface area contributed by atoms with Gasteiger partial charge in [-0.2, -0.15) is 0 Å². The van der Waals surface area contributed by atoms with E-state index >= 15 is 0 Å². The van der Waals surface area contributed by atoms with Crippen molar-refractivity contribution in [3.8, 4) is 0 Å². The van der Waals surface area contributed by atoms with Crippen LogP contribution in [0.15, 0.2) is 24.3 Å². The molecule has 4 heteroatoms. The van der Waals surface area contributed by atoms with Gasteiger partial charge in [-0.3, -0.25) is 0 Å². The minimum atomic E-state index is -0.328. The van der Waals surface area contributed by atoms with Crippen LogP contribution >= 0.6 is 0 Å². The molecule has 2 N–H and O–H groups in total. The molecule has 0 bridgehead atoms. The van der Waals surface area contributed by atoms with Crippen LogP contribution in [-0.4, -0.2) is 26.8 Å². The molecule has 0 aliphatic rings. The maximum Gasteiger partial charge on any atom is 0.337 e. The zero-order valence-electron chi connectivity index (χ0n) is 10.0. The highest BCUT2D eigenvalue weighted by Crippen LogP contribution is 2.05. The molecule has 0 radical (unpaired) electrons. The van der Waals surface area contributed by atoms with Crippen molar-refractivity contribution < 1.29 is 14.3 Å². The van der Waals surface area contributed by atoms with Gasteiger partial charge in [0.1, 0.15) is 0 Å². The molecule has 90 valence electrons. The molecule has 0 spiro atoms. The largest absolute Gasteiger partial charge is 0.465 e. The van der Waals surface area contributed by atoms with Crippen LogP contribution in [0.4, 0.5) is 0 Å². The summed E-state index contributed by atoms with van der Waals surface area (Å²) in [4.78, 5) is 11.0. The lowest BCUT2D eigenvalue weighted by Crippen LogP contribution is -2.03. The van der Waals surface area contributed by atoms with Gasteiger partial charge in [0.15, 0.2) is 0 Å². The average Bonchev–Trinajstić information content (AvgIpc) is 2.38. The summed E-state index contributed by atoms with van der Waals surface area (Å²) in [6.45, 7) is 3.21. The van der Waals surface area contributed by atoms with Crippen molar-refractivity contribution >= 4 is 5.97 Å². The van der Waals surface area contributed by atoms with Crippen molar-refractivity contribution in [2.24, 2.45) is 5.73 Å². The van der Waals surface area contributed by atoms with Crippen LogP contribution in [0.3, 0.4) is 0 Å². The molecule has 0 unspecified atom stereocenters. The van der Waals surface area contributed by atoms with Crippen molar-refractivity contribution in [3.05, 3.63) is 35.4 Å². The summed E-state index contributed by atoms with van der Waals surface area (Å²) in [5, 5.41) is 0. The summed E-state index contributed by atoms with van der Waals surface area (Å²) < 4.78 is 9.10. The smallest absolute Gasteiger partial charge is 0.337 e. The lowest BCUT2D eigenvalue weighted by molar-refractivity contribution is 0.0600. The Morgan fingerprint density at radius 3 is 2.44 bits per heavy atom. The van der Waals surface area contributed by atoms with E-state index in [4.69, 9.17) is 5.73 Å². The molecule has 0 aliphatic carbocycles. The number of nitrogens with two attached hydrogens (primary N) is 1. The van der Waals surface area contributed by atoms with Crippen LogP contribution in [-0.2, 0) is 16.0 Å². The fraction of sp³-hybridized carbons (Fsp3) is 0.417. The van der Waals surface area contributed by atoms with Crippen LogP contribution in [0.5, 0.6) is 0 Å². The molecule has 1 aromatic carbocycles. The number of methoxy groups -OCH3 is 2. The highest BCUT2D eigenvalue weighted by Gasteiger charge is 2.03. The predicted octanol–water partition coefficient (Wildman–Crippen LogP) is 1.58. The number of hydrogen-bond acceptors (Lipinski definition) is 4. The lowest BCUT2D eigenvalue weighted by Gasteiger charge is -2.00. The molecule has 1 aromatic rings. The number of carbonyl (C=O) groups is 1. The summed E-state index contributed by atoms with van der Waals surface area (Å²) in [7, 11) is 3.04. The molecule has 16 heavy (non-hydrogen) atoms. The Kier molecular flexibility index (Phi) is 8.11. The second-order valence-corrected chi connectivity index (χ2v) is 2.97. The Bertz CT molecular complexity index is 311. The maximum atomic E-state index is 11.0. The SMILES string of the molecule is CCOC.COC(=O)c1cccc(CN)c1. The third-order valence-corrected chi connectivity index (χ3v) is 1.87. The first-order chi connectivity index (χ1) is 7.69. The number of esters is 1. The summed E-state index contributed by atoms with van der Waals surface area (Å²) in [5.74, 6) is -0.328. The zero-order chi connectivity index (χ0) is 12.4. The van der Waals surface area contributed by atoms with Crippen molar-refractivity contribution in [2.45, 2.75) is 13.5 Å². The van der Waals surface area contributed by atoms with Gasteiger partial charge in [0.05, 0.1) is 12.7 Å². The van der Waals surface area contributed by atoms with E-state index in [0.29, 0.717) is 12.1 Å². The van der Waals surface area contributed by atoms with Gasteiger partial charge in [-0.1, -0.05) is 12.1 Å². The Hall–Kier alpha value is -1.39. The first kappa shape index (κ1) is 14.6. The molecule has 0 saturated carbocycles. The molecule has 0 aliphatic heterocycles. The normalized spacial score (nSPS) is 9.00. The van der Waals surface area contributed by atoms with Gasteiger partial charge in [-0.15, -0.1) is 0 Å². The molecule has 0 heterocycles. The minimum absolute atomic E-state index is 0.328. The van der Waals surface area contributed by atoms with E-state index < -0.39 is 0 Å². The topological polar surface area (TPSA) is 61.5 Å². The van der Waals surface area contributed by atoms with Gasteiger partial charge < -0.3 is 15.2 Å². The first-order valence-corrected chi connectivity index (χ1v) is 5.05. The second kappa shape index (κ2) is 8.88. The van der Waals surface area contributed by atoms with Gasteiger partial charge >= 0.3 is 5.97 Å². The van der Waals surface area contributed by atoms with Crippen molar-refractivity contribution in [3.63, 3.8) is 0 Å². The van der Waals surface area contributed by atoms with Gasteiger partial charge in [-0.25, -0.2) is 4.79 Å². The van der Waals surface area contributed by atoms with E-state index in [1.807, 2.05) is 13.0 Å². The number of benzene rings is 1. The van der Waals surface area contributed by atoms with Gasteiger partial charge in [0.2, 0.25) is 0 Å². The van der Waals surface area contributed by atoms with Crippen LogP contribution in [0, 0.1) is 0 Å². The zero-order valence-corrected chi connectivity index (χ0v) is 10.0. The molecule has 1 rings (SSSR count). The fourth-order valence-corrected chi connectivity index (χ4v) is 0.943. The fourth-order valence-electron chi connectivity index (χ4n) is 0.943. The van der Waals surface area contributed by atoms with Crippen LogP contribution < -0.4 is 5.73 Å². The standard InChI is InChI=1S/C9H11NO2.C3H8O/c1-12-9(11)8-4-2-3-7(5-8)6-10;1-3-4-2/h2-5H,6,10H2,1H3;3H2,1-2H3. The molecular formula is C12H19NO3. The van der Waals surface area contributed by atoms with E-state index in [9.17, 15) is 4.79 Å². The number of rotatable bonds is 3. The quantitative estimate of drug-likeness (QED) is 0.793. The summed E-state index contributed by atoms with van der Waals surface area (Å²) >= 11 is 0. The lowest BCUT2D eigenvalue weighted by atomic mass is 10.1. The van der Waals surface area contributed by atoms with E-state index in [-0.39, 0.29) is 5.97 Å². The van der Waals surface area contributed by atoms with E-state index in [1.54, 1.807) is 25.3 Å². The third kappa shape index (κ3) is 5.48. The number of carbonyl (C=O) groups excluding carboxylic acids is 1. The van der Waals surface area contributed by atoms with Crippen molar-refractivity contribution in [1.29, 1.82) is 0 Å². The highest BCUT2D eigenvalue weighted by atomic mass is 16.5.